The van der Waals surface area contributed by atoms with Crippen LogP contribution in [0.2, 0.25) is 0 Å². The molecule has 0 radical (unpaired) electrons. The van der Waals surface area contributed by atoms with Gasteiger partial charge in [-0.25, -0.2) is 0 Å². The summed E-state index contributed by atoms with van der Waals surface area (Å²) in [7, 11) is 0. The van der Waals surface area contributed by atoms with Gasteiger partial charge in [-0.1, -0.05) is 0 Å². The first kappa shape index (κ1) is 9.40. The van der Waals surface area contributed by atoms with Gasteiger partial charge in [-0.05, 0) is 24.4 Å². The molecule has 0 unspecified atom stereocenters. The van der Waals surface area contributed by atoms with Gasteiger partial charge in [-0.15, -0.1) is 0 Å². The number of hydrogen-bond acceptors (Lipinski definition) is 4. The number of thiocarbonyl (C=S) groups is 1. The quantitative estimate of drug-likeness (QED) is 0.351. The van der Waals surface area contributed by atoms with Crippen LogP contribution >= 0.6 is 12.2 Å². The number of nitrogens with zero attached hydrogens (tertiary/aromatic N) is 2. The molecule has 0 aliphatic carbocycles. The van der Waals surface area contributed by atoms with Crippen LogP contribution in [0.15, 0.2) is 23.4 Å². The Hall–Kier alpha value is -1.69. The van der Waals surface area contributed by atoms with Gasteiger partial charge in [0.1, 0.15) is 11.4 Å². The maximum atomic E-state index is 9.23. The number of nitrogens with two attached hydrogens (primary N) is 1. The molecular formula is C7H8N4OS. The van der Waals surface area contributed by atoms with Gasteiger partial charge in [0.05, 0.1) is 6.21 Å². The molecule has 0 aliphatic rings. The monoisotopic (exact) mass is 196 g/mol. The van der Waals surface area contributed by atoms with Crippen molar-refractivity contribution in [3.63, 3.8) is 0 Å². The van der Waals surface area contributed by atoms with Crippen LogP contribution < -0.4 is 11.2 Å². The van der Waals surface area contributed by atoms with Gasteiger partial charge in [-0.3, -0.25) is 10.4 Å². The van der Waals surface area contributed by atoms with Crippen LogP contribution in [0.3, 0.4) is 0 Å². The van der Waals surface area contributed by atoms with E-state index in [1.807, 2.05) is 0 Å². The first-order valence-corrected chi connectivity index (χ1v) is 3.83. The molecule has 13 heavy (non-hydrogen) atoms. The molecule has 0 aliphatic heterocycles. The van der Waals surface area contributed by atoms with Crippen molar-refractivity contribution in [2.45, 2.75) is 0 Å². The fraction of sp³-hybridized carbons (Fsp3) is 0. The van der Waals surface area contributed by atoms with Crippen LogP contribution in [-0.4, -0.2) is 21.4 Å². The van der Waals surface area contributed by atoms with Gasteiger partial charge in [0.25, 0.3) is 0 Å². The summed E-state index contributed by atoms with van der Waals surface area (Å²) >= 11 is 4.51. The lowest BCUT2D eigenvalue weighted by molar-refractivity contribution is 0.471. The molecule has 0 saturated carbocycles. The highest BCUT2D eigenvalue weighted by atomic mass is 32.1. The number of hydrazone groups is 1. The molecule has 1 heterocycles. The molecule has 1 aromatic heterocycles. The molecular weight excluding hydrogens is 188 g/mol. The Balaban J connectivity index is 2.68. The molecule has 0 saturated heterocycles. The molecule has 0 atom stereocenters. The summed E-state index contributed by atoms with van der Waals surface area (Å²) in [6.45, 7) is 0. The molecule has 0 spiro atoms. The second kappa shape index (κ2) is 4.36. The van der Waals surface area contributed by atoms with Crippen molar-refractivity contribution < 1.29 is 5.11 Å². The van der Waals surface area contributed by atoms with E-state index in [9.17, 15) is 5.11 Å². The highest BCUT2D eigenvalue weighted by molar-refractivity contribution is 7.80. The largest absolute Gasteiger partial charge is 0.506 e. The molecule has 0 bridgehead atoms. The van der Waals surface area contributed by atoms with Crippen LogP contribution in [0, 0.1) is 0 Å². The number of aromatic hydroxyl groups is 1. The van der Waals surface area contributed by atoms with E-state index in [0.29, 0.717) is 5.69 Å². The minimum Gasteiger partial charge on any atom is -0.506 e. The standard InChI is InChI=1S/C7H8N4OS/c8-7(13)11-10-4-5-6(12)2-1-3-9-5/h1-4,12H,(H3,8,11,13)/b10-4-. The number of pyridine rings is 1. The Labute approximate surface area is 80.3 Å². The van der Waals surface area contributed by atoms with Gasteiger partial charge in [0, 0.05) is 6.20 Å². The highest BCUT2D eigenvalue weighted by Crippen LogP contribution is 2.08. The fourth-order valence-corrected chi connectivity index (χ4v) is 0.718. The van der Waals surface area contributed by atoms with E-state index in [1.165, 1.54) is 12.3 Å². The highest BCUT2D eigenvalue weighted by Gasteiger charge is 1.95. The molecule has 0 amide bonds. The zero-order valence-electron chi connectivity index (χ0n) is 6.64. The number of aromatic nitrogens is 1. The van der Waals surface area contributed by atoms with Crippen molar-refractivity contribution in [2.24, 2.45) is 10.8 Å². The van der Waals surface area contributed by atoms with Crippen molar-refractivity contribution in [2.75, 3.05) is 0 Å². The SMILES string of the molecule is NC(=S)N/N=C\c1ncccc1O. The summed E-state index contributed by atoms with van der Waals surface area (Å²) in [5.41, 5.74) is 7.82. The normalized spacial score (nSPS) is 10.2. The van der Waals surface area contributed by atoms with E-state index < -0.39 is 0 Å². The summed E-state index contributed by atoms with van der Waals surface area (Å²) in [4.78, 5) is 3.85. The Kier molecular flexibility index (Phi) is 3.15. The predicted molar refractivity (Wildman–Crippen MR) is 53.4 cm³/mol. The molecule has 68 valence electrons. The van der Waals surface area contributed by atoms with Crippen LogP contribution in [0.25, 0.3) is 0 Å². The summed E-state index contributed by atoms with van der Waals surface area (Å²) in [5, 5.41) is 12.9. The van der Waals surface area contributed by atoms with Crippen LogP contribution in [0.5, 0.6) is 5.75 Å². The molecule has 1 rings (SSSR count). The summed E-state index contributed by atoms with van der Waals surface area (Å²) < 4.78 is 0. The fourth-order valence-electron chi connectivity index (χ4n) is 0.666. The van der Waals surface area contributed by atoms with E-state index in [0.717, 1.165) is 0 Å². The summed E-state index contributed by atoms with van der Waals surface area (Å²) in [6, 6.07) is 3.13. The number of nitrogens with one attached hydrogen (secondary N) is 1. The second-order valence-electron chi connectivity index (χ2n) is 2.14. The first-order chi connectivity index (χ1) is 6.20. The lowest BCUT2D eigenvalue weighted by Gasteiger charge is -1.96. The van der Waals surface area contributed by atoms with Crippen molar-refractivity contribution in [1.82, 2.24) is 10.4 Å². The lowest BCUT2D eigenvalue weighted by Crippen LogP contribution is -2.24. The van der Waals surface area contributed by atoms with Crippen molar-refractivity contribution >= 4 is 23.5 Å². The van der Waals surface area contributed by atoms with Gasteiger partial charge < -0.3 is 10.8 Å². The van der Waals surface area contributed by atoms with Gasteiger partial charge >= 0.3 is 0 Å². The zero-order valence-corrected chi connectivity index (χ0v) is 7.45. The Morgan fingerprint density at radius 3 is 3.15 bits per heavy atom. The van der Waals surface area contributed by atoms with E-state index in [1.54, 1.807) is 12.3 Å². The first-order valence-electron chi connectivity index (χ1n) is 3.42. The van der Waals surface area contributed by atoms with Crippen molar-refractivity contribution in [1.29, 1.82) is 0 Å². The van der Waals surface area contributed by atoms with Crippen LogP contribution in [-0.2, 0) is 0 Å². The minimum absolute atomic E-state index is 0.0518. The number of hydrogen-bond donors (Lipinski definition) is 3. The molecule has 0 fully saturated rings. The molecule has 5 nitrogen and oxygen atoms in total. The molecule has 6 heteroatoms. The van der Waals surface area contributed by atoms with E-state index in [2.05, 4.69) is 27.7 Å². The van der Waals surface area contributed by atoms with Crippen LogP contribution in [0.4, 0.5) is 0 Å². The average Bonchev–Trinajstić information content (AvgIpc) is 2.08. The average molecular weight is 196 g/mol. The maximum Gasteiger partial charge on any atom is 0.184 e. The van der Waals surface area contributed by atoms with E-state index in [4.69, 9.17) is 5.73 Å². The van der Waals surface area contributed by atoms with Crippen molar-refractivity contribution in [3.8, 4) is 5.75 Å². The van der Waals surface area contributed by atoms with Gasteiger partial charge in [-0.2, -0.15) is 5.10 Å². The Morgan fingerprint density at radius 2 is 2.54 bits per heavy atom. The zero-order chi connectivity index (χ0) is 9.68. The second-order valence-corrected chi connectivity index (χ2v) is 2.58. The smallest absolute Gasteiger partial charge is 0.184 e. The van der Waals surface area contributed by atoms with Crippen molar-refractivity contribution in [3.05, 3.63) is 24.0 Å². The number of rotatable bonds is 2. The van der Waals surface area contributed by atoms with E-state index in [-0.39, 0.29) is 10.9 Å². The van der Waals surface area contributed by atoms with Crippen LogP contribution in [0.1, 0.15) is 5.69 Å². The molecule has 1 aromatic rings. The third kappa shape index (κ3) is 3.04. The van der Waals surface area contributed by atoms with Gasteiger partial charge in [0.15, 0.2) is 5.11 Å². The summed E-state index contributed by atoms with van der Waals surface area (Å²) in [5.74, 6) is 0.0518. The topological polar surface area (TPSA) is 83.5 Å². The van der Waals surface area contributed by atoms with E-state index >= 15 is 0 Å². The van der Waals surface area contributed by atoms with Gasteiger partial charge in [0.2, 0.25) is 0 Å². The summed E-state index contributed by atoms with van der Waals surface area (Å²) in [6.07, 6.45) is 2.87. The Bertz CT molecular complexity index is 339. The predicted octanol–water partition coefficient (Wildman–Crippen LogP) is -0.0457. The third-order valence-corrected chi connectivity index (χ3v) is 1.27. The Morgan fingerprint density at radius 1 is 1.77 bits per heavy atom. The lowest BCUT2D eigenvalue weighted by atomic mass is 10.3. The third-order valence-electron chi connectivity index (χ3n) is 1.18. The molecule has 0 aromatic carbocycles. The minimum atomic E-state index is 0.0518. The molecule has 4 N–H and O–H groups in total. The maximum absolute atomic E-state index is 9.23.